The highest BCUT2D eigenvalue weighted by atomic mass is 32.2. The quantitative estimate of drug-likeness (QED) is 0.517. The van der Waals surface area contributed by atoms with E-state index in [2.05, 4.69) is 10.5 Å². The van der Waals surface area contributed by atoms with Crippen LogP contribution in [0.3, 0.4) is 0 Å². The van der Waals surface area contributed by atoms with Crippen molar-refractivity contribution in [2.45, 2.75) is 38.8 Å². The first-order valence-electron chi connectivity index (χ1n) is 9.31. The molecule has 0 fully saturated rings. The van der Waals surface area contributed by atoms with Crippen molar-refractivity contribution in [2.24, 2.45) is 10.5 Å². The minimum atomic E-state index is -4.67. The Morgan fingerprint density at radius 1 is 1.03 bits per heavy atom. The van der Waals surface area contributed by atoms with E-state index in [1.54, 1.807) is 13.0 Å². The fourth-order valence-electron chi connectivity index (χ4n) is 2.35. The number of hydrogen-bond acceptors (Lipinski definition) is 4. The van der Waals surface area contributed by atoms with Gasteiger partial charge in [-0.3, -0.25) is 9.10 Å². The van der Waals surface area contributed by atoms with Crippen LogP contribution in [0.25, 0.3) is 0 Å². The molecule has 2 rings (SSSR count). The van der Waals surface area contributed by atoms with Gasteiger partial charge in [0, 0.05) is 11.1 Å². The number of hydrogen-bond donors (Lipinski definition) is 1. The molecule has 0 aliphatic carbocycles. The van der Waals surface area contributed by atoms with Crippen molar-refractivity contribution >= 4 is 27.3 Å². The summed E-state index contributed by atoms with van der Waals surface area (Å²) in [6.07, 6.45) is -4.67. The highest BCUT2D eigenvalue weighted by molar-refractivity contribution is 7.92. The van der Waals surface area contributed by atoms with Gasteiger partial charge in [-0.1, -0.05) is 45.0 Å². The van der Waals surface area contributed by atoms with Crippen LogP contribution < -0.4 is 9.73 Å². The highest BCUT2D eigenvalue weighted by Crippen LogP contribution is 2.33. The van der Waals surface area contributed by atoms with Crippen LogP contribution in [0, 0.1) is 5.41 Å². The van der Waals surface area contributed by atoms with Crippen molar-refractivity contribution in [3.8, 4) is 0 Å². The van der Waals surface area contributed by atoms with Gasteiger partial charge in [0.05, 0.1) is 16.1 Å². The summed E-state index contributed by atoms with van der Waals surface area (Å²) in [6.45, 7) is 6.59. The summed E-state index contributed by atoms with van der Waals surface area (Å²) in [5.41, 5.74) is 1.23. The largest absolute Gasteiger partial charge is 0.416 e. The second-order valence-electron chi connectivity index (χ2n) is 7.86. The van der Waals surface area contributed by atoms with Gasteiger partial charge in [-0.15, -0.1) is 0 Å². The first-order chi connectivity index (χ1) is 14.2. The molecule has 0 bridgehead atoms. The average Bonchev–Trinajstić information content (AvgIpc) is 2.69. The molecule has 0 spiro atoms. The van der Waals surface area contributed by atoms with E-state index in [1.165, 1.54) is 30.3 Å². The van der Waals surface area contributed by atoms with Crippen LogP contribution in [0.4, 0.5) is 18.9 Å². The molecule has 0 saturated carbocycles. The molecule has 0 radical (unpaired) electrons. The third-order valence-electron chi connectivity index (χ3n) is 4.51. The number of sulfonamides is 1. The van der Waals surface area contributed by atoms with E-state index in [1.807, 2.05) is 20.8 Å². The molecule has 0 aliphatic heterocycles. The smallest absolute Gasteiger partial charge is 0.271 e. The van der Waals surface area contributed by atoms with Gasteiger partial charge < -0.3 is 0 Å². The van der Waals surface area contributed by atoms with E-state index in [0.29, 0.717) is 16.1 Å². The number of nitrogens with one attached hydrogen (secondary N) is 1. The first-order valence-corrected chi connectivity index (χ1v) is 10.8. The van der Waals surface area contributed by atoms with Gasteiger partial charge in [0.15, 0.2) is 0 Å². The van der Waals surface area contributed by atoms with Gasteiger partial charge >= 0.3 is 6.18 Å². The molecule has 6 nitrogen and oxygen atoms in total. The summed E-state index contributed by atoms with van der Waals surface area (Å²) in [4.78, 5) is 12.3. The lowest BCUT2D eigenvalue weighted by molar-refractivity contribution is -0.137. The zero-order chi connectivity index (χ0) is 23.4. The van der Waals surface area contributed by atoms with E-state index >= 15 is 0 Å². The number of hydrazone groups is 1. The molecule has 0 heterocycles. The van der Waals surface area contributed by atoms with Crippen LogP contribution in [0.1, 0.15) is 33.3 Å². The molecule has 0 aliphatic rings. The standard InChI is InChI=1S/C21H24F3N3O3S/c1-15(20(2,3)4)25-26-19(28)14-27(31(29,30)18-11-6-5-7-12-18)17-10-8-9-16(13-17)21(22,23)24/h5-13H,14H2,1-4H3,(H,26,28)/b25-15+. The number of carbonyl (C=O) groups is 1. The third kappa shape index (κ3) is 6.30. The Labute approximate surface area is 179 Å². The zero-order valence-corrected chi connectivity index (χ0v) is 18.4. The van der Waals surface area contributed by atoms with Crippen molar-refractivity contribution in [2.75, 3.05) is 10.8 Å². The molecule has 0 aromatic heterocycles. The van der Waals surface area contributed by atoms with E-state index in [4.69, 9.17) is 0 Å². The Morgan fingerprint density at radius 2 is 1.65 bits per heavy atom. The Bertz CT molecular complexity index is 1060. The molecule has 168 valence electrons. The number of anilines is 1. The zero-order valence-electron chi connectivity index (χ0n) is 17.6. The van der Waals surface area contributed by atoms with Gasteiger partial charge in [-0.05, 0) is 37.3 Å². The maximum Gasteiger partial charge on any atom is 0.416 e. The number of alkyl halides is 3. The predicted octanol–water partition coefficient (Wildman–Crippen LogP) is 4.44. The second-order valence-corrected chi connectivity index (χ2v) is 9.72. The summed E-state index contributed by atoms with van der Waals surface area (Å²) in [6, 6.07) is 11.0. The molecule has 1 N–H and O–H groups in total. The number of rotatable bonds is 6. The summed E-state index contributed by atoms with van der Waals surface area (Å²) in [5.74, 6) is -0.791. The molecule has 0 atom stereocenters. The molecule has 1 amide bonds. The van der Waals surface area contributed by atoms with Crippen LogP contribution in [-0.4, -0.2) is 26.6 Å². The van der Waals surface area contributed by atoms with Gasteiger partial charge in [0.1, 0.15) is 6.54 Å². The van der Waals surface area contributed by atoms with Crippen molar-refractivity contribution in [1.29, 1.82) is 0 Å². The summed E-state index contributed by atoms with van der Waals surface area (Å²) in [7, 11) is -4.32. The molecular formula is C21H24F3N3O3S. The summed E-state index contributed by atoms with van der Waals surface area (Å²) in [5, 5.41) is 3.97. The number of carbonyl (C=O) groups excluding carboxylic acids is 1. The highest BCUT2D eigenvalue weighted by Gasteiger charge is 2.33. The number of nitrogens with zero attached hydrogens (tertiary/aromatic N) is 2. The molecule has 0 unspecified atom stereocenters. The summed E-state index contributed by atoms with van der Waals surface area (Å²) < 4.78 is 66.5. The molecule has 2 aromatic rings. The van der Waals surface area contributed by atoms with Gasteiger partial charge in [-0.2, -0.15) is 18.3 Å². The van der Waals surface area contributed by atoms with Crippen molar-refractivity contribution in [3.05, 3.63) is 60.2 Å². The lowest BCUT2D eigenvalue weighted by Crippen LogP contribution is -2.40. The van der Waals surface area contributed by atoms with E-state index in [9.17, 15) is 26.4 Å². The number of amides is 1. The van der Waals surface area contributed by atoms with Crippen LogP contribution >= 0.6 is 0 Å². The van der Waals surface area contributed by atoms with Crippen molar-refractivity contribution in [1.82, 2.24) is 5.43 Å². The van der Waals surface area contributed by atoms with Crippen molar-refractivity contribution in [3.63, 3.8) is 0 Å². The third-order valence-corrected chi connectivity index (χ3v) is 6.30. The lowest BCUT2D eigenvalue weighted by atomic mass is 9.91. The van der Waals surface area contributed by atoms with Crippen LogP contribution in [0.2, 0.25) is 0 Å². The fraction of sp³-hybridized carbons (Fsp3) is 0.333. The van der Waals surface area contributed by atoms with Crippen LogP contribution in [0.5, 0.6) is 0 Å². The molecular weight excluding hydrogens is 431 g/mol. The Morgan fingerprint density at radius 3 is 2.19 bits per heavy atom. The minimum Gasteiger partial charge on any atom is -0.271 e. The molecule has 2 aromatic carbocycles. The molecule has 31 heavy (non-hydrogen) atoms. The monoisotopic (exact) mass is 455 g/mol. The summed E-state index contributed by atoms with van der Waals surface area (Å²) >= 11 is 0. The Balaban J connectivity index is 2.46. The van der Waals surface area contributed by atoms with Gasteiger partial charge in [0.25, 0.3) is 15.9 Å². The topological polar surface area (TPSA) is 78.8 Å². The van der Waals surface area contributed by atoms with Gasteiger partial charge in [0.2, 0.25) is 0 Å². The van der Waals surface area contributed by atoms with E-state index in [-0.39, 0.29) is 16.0 Å². The Hall–Kier alpha value is -2.88. The lowest BCUT2D eigenvalue weighted by Gasteiger charge is -2.24. The second kappa shape index (κ2) is 9.09. The normalized spacial score (nSPS) is 13.1. The maximum atomic E-state index is 13.2. The van der Waals surface area contributed by atoms with E-state index in [0.717, 1.165) is 12.1 Å². The minimum absolute atomic E-state index is 0.158. The van der Waals surface area contributed by atoms with Crippen LogP contribution in [-0.2, 0) is 21.0 Å². The van der Waals surface area contributed by atoms with Gasteiger partial charge in [-0.25, -0.2) is 13.8 Å². The molecule has 0 saturated heterocycles. The maximum absolute atomic E-state index is 13.2. The number of halogens is 3. The predicted molar refractivity (Wildman–Crippen MR) is 113 cm³/mol. The van der Waals surface area contributed by atoms with Crippen LogP contribution in [0.15, 0.2) is 64.6 Å². The Kier molecular flexibility index (Phi) is 7.15. The molecule has 10 heteroatoms. The number of benzene rings is 2. The fourth-order valence-corrected chi connectivity index (χ4v) is 3.79. The van der Waals surface area contributed by atoms with E-state index < -0.39 is 34.2 Å². The van der Waals surface area contributed by atoms with Crippen molar-refractivity contribution < 1.29 is 26.4 Å². The SMILES string of the molecule is C/C(=N\NC(=O)CN(c1cccc(C(F)(F)F)c1)S(=O)(=O)c1ccccc1)C(C)(C)C. The first kappa shape index (κ1) is 24.4. The average molecular weight is 456 g/mol.